The molecule has 21 heavy (non-hydrogen) atoms. The third-order valence-electron chi connectivity index (χ3n) is 5.30. The van der Waals surface area contributed by atoms with Gasteiger partial charge in [0.05, 0.1) is 6.61 Å². The molecule has 0 aromatic carbocycles. The Kier molecular flexibility index (Phi) is 5.72. The molecule has 0 aromatic rings. The summed E-state index contributed by atoms with van der Waals surface area (Å²) in [6.45, 7) is 13.3. The molecule has 2 aliphatic rings. The maximum atomic E-state index is 5.77. The summed E-state index contributed by atoms with van der Waals surface area (Å²) in [5.74, 6) is 0.898. The van der Waals surface area contributed by atoms with E-state index in [1.807, 2.05) is 0 Å². The summed E-state index contributed by atoms with van der Waals surface area (Å²) < 4.78 is 5.77. The molecule has 3 unspecified atom stereocenters. The lowest BCUT2D eigenvalue weighted by Crippen LogP contribution is -2.50. The van der Waals surface area contributed by atoms with Crippen LogP contribution in [-0.2, 0) is 4.74 Å². The zero-order valence-electron chi connectivity index (χ0n) is 14.9. The van der Waals surface area contributed by atoms with Gasteiger partial charge in [-0.15, -0.1) is 0 Å². The Morgan fingerprint density at radius 1 is 1.29 bits per heavy atom. The first kappa shape index (κ1) is 17.2. The van der Waals surface area contributed by atoms with E-state index in [2.05, 4.69) is 45.0 Å². The standard InChI is InChI=1S/C18H36N2O/c1-15-7-6-8-16(11-15)20(5)13-18(9-10-21-14-18)12-19-17(2,3)4/h15-16,19H,6-14H2,1-5H3. The van der Waals surface area contributed by atoms with Crippen LogP contribution < -0.4 is 5.32 Å². The molecule has 3 nitrogen and oxygen atoms in total. The normalized spacial score (nSPS) is 34.6. The largest absolute Gasteiger partial charge is 0.381 e. The van der Waals surface area contributed by atoms with E-state index in [0.29, 0.717) is 5.41 Å². The lowest BCUT2D eigenvalue weighted by molar-refractivity contribution is 0.0775. The Morgan fingerprint density at radius 2 is 2.05 bits per heavy atom. The van der Waals surface area contributed by atoms with Crippen LogP contribution in [0.1, 0.15) is 59.8 Å². The summed E-state index contributed by atoms with van der Waals surface area (Å²) in [5, 5.41) is 3.72. The van der Waals surface area contributed by atoms with Gasteiger partial charge in [-0.1, -0.05) is 19.8 Å². The van der Waals surface area contributed by atoms with Crippen LogP contribution in [-0.4, -0.2) is 49.8 Å². The monoisotopic (exact) mass is 296 g/mol. The van der Waals surface area contributed by atoms with Gasteiger partial charge in [-0.05, 0) is 53.0 Å². The molecule has 3 atom stereocenters. The lowest BCUT2D eigenvalue weighted by Gasteiger charge is -2.40. The van der Waals surface area contributed by atoms with Gasteiger partial charge in [0.25, 0.3) is 0 Å². The van der Waals surface area contributed by atoms with Crippen LogP contribution in [0.15, 0.2) is 0 Å². The number of ether oxygens (including phenoxy) is 1. The van der Waals surface area contributed by atoms with E-state index >= 15 is 0 Å². The maximum absolute atomic E-state index is 5.77. The van der Waals surface area contributed by atoms with Crippen LogP contribution in [0.5, 0.6) is 0 Å². The molecule has 1 N–H and O–H groups in total. The summed E-state index contributed by atoms with van der Waals surface area (Å²) in [6.07, 6.45) is 6.78. The molecule has 1 aliphatic heterocycles. The van der Waals surface area contributed by atoms with Gasteiger partial charge in [0.2, 0.25) is 0 Å². The summed E-state index contributed by atoms with van der Waals surface area (Å²) in [4.78, 5) is 2.63. The van der Waals surface area contributed by atoms with Crippen molar-refractivity contribution in [2.75, 3.05) is 33.4 Å². The Morgan fingerprint density at radius 3 is 2.62 bits per heavy atom. The fourth-order valence-corrected chi connectivity index (χ4v) is 3.88. The van der Waals surface area contributed by atoms with Crippen molar-refractivity contribution in [1.29, 1.82) is 0 Å². The zero-order valence-corrected chi connectivity index (χ0v) is 14.9. The van der Waals surface area contributed by atoms with Crippen LogP contribution in [0.3, 0.4) is 0 Å². The third-order valence-corrected chi connectivity index (χ3v) is 5.30. The second-order valence-electron chi connectivity index (χ2n) is 8.75. The Hall–Kier alpha value is -0.120. The van der Waals surface area contributed by atoms with Crippen molar-refractivity contribution in [3.63, 3.8) is 0 Å². The number of hydrogen-bond acceptors (Lipinski definition) is 3. The summed E-state index contributed by atoms with van der Waals surface area (Å²) in [7, 11) is 2.33. The predicted octanol–water partition coefficient (Wildman–Crippen LogP) is 3.29. The van der Waals surface area contributed by atoms with Crippen molar-refractivity contribution in [3.05, 3.63) is 0 Å². The van der Waals surface area contributed by atoms with E-state index in [4.69, 9.17) is 4.74 Å². The Balaban J connectivity index is 1.92. The maximum Gasteiger partial charge on any atom is 0.0547 e. The van der Waals surface area contributed by atoms with Crippen LogP contribution in [0.4, 0.5) is 0 Å². The summed E-state index contributed by atoms with van der Waals surface area (Å²) in [6, 6.07) is 0.779. The average Bonchev–Trinajstić information content (AvgIpc) is 2.85. The molecule has 0 amide bonds. The summed E-state index contributed by atoms with van der Waals surface area (Å²) in [5.41, 5.74) is 0.496. The molecular formula is C18H36N2O. The first-order valence-corrected chi connectivity index (χ1v) is 8.83. The highest BCUT2D eigenvalue weighted by Crippen LogP contribution is 2.33. The molecule has 0 spiro atoms. The van der Waals surface area contributed by atoms with Gasteiger partial charge >= 0.3 is 0 Å². The third kappa shape index (κ3) is 5.22. The molecule has 1 saturated carbocycles. The first-order chi connectivity index (χ1) is 9.80. The summed E-state index contributed by atoms with van der Waals surface area (Å²) >= 11 is 0. The highest BCUT2D eigenvalue weighted by atomic mass is 16.5. The van der Waals surface area contributed by atoms with Crippen molar-refractivity contribution in [3.8, 4) is 0 Å². The Labute approximate surface area is 131 Å². The zero-order chi connectivity index (χ0) is 15.5. The van der Waals surface area contributed by atoms with Crippen molar-refractivity contribution in [2.45, 2.75) is 71.4 Å². The number of nitrogens with one attached hydrogen (secondary N) is 1. The molecule has 1 saturated heterocycles. The van der Waals surface area contributed by atoms with Gasteiger partial charge in [-0.2, -0.15) is 0 Å². The van der Waals surface area contributed by atoms with Gasteiger partial charge < -0.3 is 15.0 Å². The van der Waals surface area contributed by atoms with Gasteiger partial charge in [0, 0.05) is 36.7 Å². The quantitative estimate of drug-likeness (QED) is 0.842. The lowest BCUT2D eigenvalue weighted by atomic mass is 9.82. The predicted molar refractivity (Wildman–Crippen MR) is 89.7 cm³/mol. The number of rotatable bonds is 5. The van der Waals surface area contributed by atoms with Gasteiger partial charge in [0.15, 0.2) is 0 Å². The SMILES string of the molecule is CC1CCCC(N(C)CC2(CNC(C)(C)C)CCOC2)C1. The molecule has 2 fully saturated rings. The van der Waals surface area contributed by atoms with Crippen molar-refractivity contribution in [2.24, 2.45) is 11.3 Å². The molecule has 0 bridgehead atoms. The van der Waals surface area contributed by atoms with Gasteiger partial charge in [-0.3, -0.25) is 0 Å². The van der Waals surface area contributed by atoms with E-state index < -0.39 is 0 Å². The van der Waals surface area contributed by atoms with Crippen molar-refractivity contribution < 1.29 is 4.74 Å². The fraction of sp³-hybridized carbons (Fsp3) is 1.00. The van der Waals surface area contributed by atoms with Crippen molar-refractivity contribution >= 4 is 0 Å². The van der Waals surface area contributed by atoms with E-state index in [0.717, 1.165) is 31.7 Å². The van der Waals surface area contributed by atoms with Crippen LogP contribution >= 0.6 is 0 Å². The molecule has 3 heteroatoms. The second-order valence-corrected chi connectivity index (χ2v) is 8.75. The van der Waals surface area contributed by atoms with Crippen LogP contribution in [0.25, 0.3) is 0 Å². The van der Waals surface area contributed by atoms with E-state index in [-0.39, 0.29) is 5.54 Å². The van der Waals surface area contributed by atoms with Crippen molar-refractivity contribution in [1.82, 2.24) is 10.2 Å². The van der Waals surface area contributed by atoms with E-state index in [1.54, 1.807) is 0 Å². The molecule has 1 heterocycles. The van der Waals surface area contributed by atoms with E-state index in [9.17, 15) is 0 Å². The van der Waals surface area contributed by atoms with E-state index in [1.165, 1.54) is 38.6 Å². The highest BCUT2D eigenvalue weighted by molar-refractivity contribution is 4.92. The minimum Gasteiger partial charge on any atom is -0.381 e. The minimum atomic E-state index is 0.188. The van der Waals surface area contributed by atoms with Gasteiger partial charge in [-0.25, -0.2) is 0 Å². The fourth-order valence-electron chi connectivity index (χ4n) is 3.88. The molecular weight excluding hydrogens is 260 g/mol. The highest BCUT2D eigenvalue weighted by Gasteiger charge is 2.38. The molecule has 1 aliphatic carbocycles. The smallest absolute Gasteiger partial charge is 0.0547 e. The number of nitrogens with zero attached hydrogens (tertiary/aromatic N) is 1. The Bertz CT molecular complexity index is 318. The second kappa shape index (κ2) is 6.97. The topological polar surface area (TPSA) is 24.5 Å². The minimum absolute atomic E-state index is 0.188. The number of hydrogen-bond donors (Lipinski definition) is 1. The van der Waals surface area contributed by atoms with Gasteiger partial charge in [0.1, 0.15) is 0 Å². The van der Waals surface area contributed by atoms with Crippen LogP contribution in [0, 0.1) is 11.3 Å². The molecule has 0 radical (unpaired) electrons. The molecule has 124 valence electrons. The average molecular weight is 296 g/mol. The molecule has 2 rings (SSSR count). The first-order valence-electron chi connectivity index (χ1n) is 8.83. The van der Waals surface area contributed by atoms with Crippen LogP contribution in [0.2, 0.25) is 0 Å². The molecule has 0 aromatic heterocycles.